The maximum Gasteiger partial charge on any atom is 0.251 e. The van der Waals surface area contributed by atoms with Crippen LogP contribution in [0.5, 0.6) is 0 Å². The first-order chi connectivity index (χ1) is 9.61. The first-order valence-corrected chi connectivity index (χ1v) is 7.35. The van der Waals surface area contributed by atoms with E-state index in [1.807, 2.05) is 13.1 Å². The molecule has 4 nitrogen and oxygen atoms in total. The Balaban J connectivity index is 2.06. The van der Waals surface area contributed by atoms with Crippen LogP contribution in [-0.2, 0) is 6.42 Å². The van der Waals surface area contributed by atoms with Gasteiger partial charge in [0, 0.05) is 31.1 Å². The highest BCUT2D eigenvalue weighted by Gasteiger charge is 2.09. The van der Waals surface area contributed by atoms with Crippen LogP contribution < -0.4 is 16.0 Å². The first-order valence-electron chi connectivity index (χ1n) is 6.47. The third-order valence-corrected chi connectivity index (χ3v) is 4.14. The Morgan fingerprint density at radius 1 is 1.40 bits per heavy atom. The minimum absolute atomic E-state index is 0.121. The van der Waals surface area contributed by atoms with E-state index in [2.05, 4.69) is 27.7 Å². The molecule has 0 aliphatic carbocycles. The average molecular weight is 289 g/mol. The predicted octanol–water partition coefficient (Wildman–Crippen LogP) is 2.37. The fourth-order valence-corrected chi connectivity index (χ4v) is 2.74. The van der Waals surface area contributed by atoms with E-state index >= 15 is 0 Å². The molecule has 1 aromatic heterocycles. The lowest BCUT2D eigenvalue weighted by Crippen LogP contribution is -2.22. The van der Waals surface area contributed by atoms with Gasteiger partial charge in [0.15, 0.2) is 0 Å². The van der Waals surface area contributed by atoms with Gasteiger partial charge in [0.05, 0.1) is 11.4 Å². The molecule has 0 aliphatic rings. The standard InChI is InChI=1S/C15H19N3OS/c1-17-15(19)11-5-6-14(13(16)10-11)18(2)8-7-12-4-3-9-20-12/h3-6,9-10H,7-8,16H2,1-2H3,(H,17,19). The van der Waals surface area contributed by atoms with Crippen molar-refractivity contribution in [1.82, 2.24) is 5.32 Å². The van der Waals surface area contributed by atoms with Gasteiger partial charge in [0.25, 0.3) is 5.91 Å². The second-order valence-electron chi connectivity index (χ2n) is 4.60. The van der Waals surface area contributed by atoms with Crippen LogP contribution >= 0.6 is 11.3 Å². The zero-order chi connectivity index (χ0) is 14.5. The van der Waals surface area contributed by atoms with Gasteiger partial charge < -0.3 is 16.0 Å². The Morgan fingerprint density at radius 3 is 2.80 bits per heavy atom. The smallest absolute Gasteiger partial charge is 0.251 e. The molecule has 1 heterocycles. The number of nitrogens with two attached hydrogens (primary N) is 1. The van der Waals surface area contributed by atoms with Crippen molar-refractivity contribution in [2.24, 2.45) is 0 Å². The van der Waals surface area contributed by atoms with Gasteiger partial charge in [0.1, 0.15) is 0 Å². The van der Waals surface area contributed by atoms with Crippen molar-refractivity contribution >= 4 is 28.6 Å². The van der Waals surface area contributed by atoms with E-state index < -0.39 is 0 Å². The topological polar surface area (TPSA) is 58.4 Å². The fraction of sp³-hybridized carbons (Fsp3) is 0.267. The average Bonchev–Trinajstić information content (AvgIpc) is 2.97. The zero-order valence-electron chi connectivity index (χ0n) is 11.7. The molecule has 0 radical (unpaired) electrons. The van der Waals surface area contributed by atoms with Crippen molar-refractivity contribution in [3.63, 3.8) is 0 Å². The summed E-state index contributed by atoms with van der Waals surface area (Å²) in [5, 5.41) is 4.68. The van der Waals surface area contributed by atoms with Gasteiger partial charge in [-0.25, -0.2) is 0 Å². The normalized spacial score (nSPS) is 10.3. The number of carbonyl (C=O) groups excluding carboxylic acids is 1. The van der Waals surface area contributed by atoms with Gasteiger partial charge >= 0.3 is 0 Å². The van der Waals surface area contributed by atoms with E-state index in [4.69, 9.17) is 5.73 Å². The van der Waals surface area contributed by atoms with E-state index in [1.165, 1.54) is 4.88 Å². The lowest BCUT2D eigenvalue weighted by molar-refractivity contribution is 0.0963. The van der Waals surface area contributed by atoms with Crippen molar-refractivity contribution < 1.29 is 4.79 Å². The molecule has 2 rings (SSSR count). The molecule has 0 bridgehead atoms. The molecule has 5 heteroatoms. The summed E-state index contributed by atoms with van der Waals surface area (Å²) in [6.07, 6.45) is 0.991. The highest BCUT2D eigenvalue weighted by Crippen LogP contribution is 2.24. The first kappa shape index (κ1) is 14.4. The summed E-state index contributed by atoms with van der Waals surface area (Å²) < 4.78 is 0. The molecule has 3 N–H and O–H groups in total. The molecule has 20 heavy (non-hydrogen) atoms. The van der Waals surface area contributed by atoms with E-state index in [1.54, 1.807) is 30.5 Å². The van der Waals surface area contributed by atoms with E-state index in [-0.39, 0.29) is 5.91 Å². The molecule has 0 atom stereocenters. The Bertz CT molecular complexity index is 581. The number of rotatable bonds is 5. The summed E-state index contributed by atoms with van der Waals surface area (Å²) in [6, 6.07) is 9.61. The fourth-order valence-electron chi connectivity index (χ4n) is 2.04. The molecular weight excluding hydrogens is 270 g/mol. The molecule has 1 amide bonds. The van der Waals surface area contributed by atoms with Crippen molar-refractivity contribution in [3.8, 4) is 0 Å². The second-order valence-corrected chi connectivity index (χ2v) is 5.64. The van der Waals surface area contributed by atoms with E-state index in [0.717, 1.165) is 18.7 Å². The number of anilines is 2. The lowest BCUT2D eigenvalue weighted by Gasteiger charge is -2.21. The molecule has 1 aromatic carbocycles. The molecule has 2 aromatic rings. The molecule has 0 fully saturated rings. The summed E-state index contributed by atoms with van der Waals surface area (Å²) in [6.45, 7) is 0.893. The SMILES string of the molecule is CNC(=O)c1ccc(N(C)CCc2cccs2)c(N)c1. The summed E-state index contributed by atoms with van der Waals surface area (Å²) in [5.74, 6) is -0.121. The van der Waals surface area contributed by atoms with Gasteiger partial charge in [-0.15, -0.1) is 11.3 Å². The third-order valence-electron chi connectivity index (χ3n) is 3.20. The number of hydrogen-bond acceptors (Lipinski definition) is 4. The number of hydrogen-bond donors (Lipinski definition) is 2. The largest absolute Gasteiger partial charge is 0.397 e. The Kier molecular flexibility index (Phi) is 4.63. The van der Waals surface area contributed by atoms with Crippen LogP contribution in [0.1, 0.15) is 15.2 Å². The quantitative estimate of drug-likeness (QED) is 0.831. The second kappa shape index (κ2) is 6.43. The summed E-state index contributed by atoms with van der Waals surface area (Å²) >= 11 is 1.76. The monoisotopic (exact) mass is 289 g/mol. The lowest BCUT2D eigenvalue weighted by atomic mass is 10.1. The summed E-state index contributed by atoms with van der Waals surface area (Å²) in [5.41, 5.74) is 8.21. The van der Waals surface area contributed by atoms with Gasteiger partial charge in [0.2, 0.25) is 0 Å². The third kappa shape index (κ3) is 3.30. The Labute approximate surface area is 123 Å². The van der Waals surface area contributed by atoms with Gasteiger partial charge in [-0.1, -0.05) is 6.07 Å². The molecule has 0 aliphatic heterocycles. The van der Waals surface area contributed by atoms with Gasteiger partial charge in [-0.2, -0.15) is 0 Å². The van der Waals surface area contributed by atoms with Crippen LogP contribution in [0, 0.1) is 0 Å². The van der Waals surface area contributed by atoms with Crippen molar-refractivity contribution in [2.45, 2.75) is 6.42 Å². The van der Waals surface area contributed by atoms with E-state index in [9.17, 15) is 4.79 Å². The number of thiophene rings is 1. The minimum atomic E-state index is -0.121. The number of benzene rings is 1. The van der Waals surface area contributed by atoms with E-state index in [0.29, 0.717) is 11.3 Å². The molecular formula is C15H19N3OS. The highest BCUT2D eigenvalue weighted by molar-refractivity contribution is 7.09. The number of nitrogens with one attached hydrogen (secondary N) is 1. The molecule has 106 valence electrons. The van der Waals surface area contributed by atoms with Crippen molar-refractivity contribution in [2.75, 3.05) is 31.3 Å². The Hall–Kier alpha value is -2.01. The zero-order valence-corrected chi connectivity index (χ0v) is 12.5. The van der Waals surface area contributed by atoms with Crippen LogP contribution in [-0.4, -0.2) is 26.5 Å². The molecule has 0 unspecified atom stereocenters. The van der Waals surface area contributed by atoms with Crippen LogP contribution in [0.25, 0.3) is 0 Å². The molecule has 0 saturated heterocycles. The molecule has 0 spiro atoms. The van der Waals surface area contributed by atoms with Gasteiger partial charge in [-0.05, 0) is 36.1 Å². The maximum absolute atomic E-state index is 11.5. The van der Waals surface area contributed by atoms with Crippen LogP contribution in [0.2, 0.25) is 0 Å². The number of nitrogens with zero attached hydrogens (tertiary/aromatic N) is 1. The van der Waals surface area contributed by atoms with Crippen molar-refractivity contribution in [1.29, 1.82) is 0 Å². The molecule has 0 saturated carbocycles. The highest BCUT2D eigenvalue weighted by atomic mass is 32.1. The van der Waals surface area contributed by atoms with Crippen LogP contribution in [0.3, 0.4) is 0 Å². The Morgan fingerprint density at radius 2 is 2.20 bits per heavy atom. The number of likely N-dealkylation sites (N-methyl/N-ethyl adjacent to an activating group) is 1. The van der Waals surface area contributed by atoms with Crippen molar-refractivity contribution in [3.05, 3.63) is 46.2 Å². The summed E-state index contributed by atoms with van der Waals surface area (Å²) in [7, 11) is 3.62. The van der Waals surface area contributed by atoms with Gasteiger partial charge in [-0.3, -0.25) is 4.79 Å². The van der Waals surface area contributed by atoms with Crippen LogP contribution in [0.4, 0.5) is 11.4 Å². The van der Waals surface area contributed by atoms with Crippen LogP contribution in [0.15, 0.2) is 35.7 Å². The predicted molar refractivity (Wildman–Crippen MR) is 85.5 cm³/mol. The number of nitrogen functional groups attached to an aromatic ring is 1. The maximum atomic E-state index is 11.5. The summed E-state index contributed by atoms with van der Waals surface area (Å²) in [4.78, 5) is 15.0. The number of carbonyl (C=O) groups is 1. The number of amides is 1. The minimum Gasteiger partial charge on any atom is -0.397 e.